The number of nitrogens with one attached hydrogen (secondary N) is 2. The molecule has 1 heterocycles. The van der Waals surface area contributed by atoms with Crippen LogP contribution in [0, 0.1) is 5.92 Å². The Balaban J connectivity index is 0.00000176. The molecule has 116 valence electrons. The number of amides is 1. The van der Waals surface area contributed by atoms with Gasteiger partial charge < -0.3 is 10.6 Å². The monoisotopic (exact) mass is 316 g/mol. The van der Waals surface area contributed by atoms with E-state index < -0.39 is 0 Å². The summed E-state index contributed by atoms with van der Waals surface area (Å²) in [5.41, 5.74) is 2.07. The Morgan fingerprint density at radius 1 is 1.00 bits per heavy atom. The van der Waals surface area contributed by atoms with E-state index in [9.17, 15) is 4.79 Å². The number of hydrogen-bond donors (Lipinski definition) is 2. The molecular formula is C18H21ClN2O. The molecule has 3 nitrogen and oxygen atoms in total. The van der Waals surface area contributed by atoms with Crippen molar-refractivity contribution >= 4 is 18.3 Å². The highest BCUT2D eigenvalue weighted by atomic mass is 35.5. The van der Waals surface area contributed by atoms with Gasteiger partial charge in [-0.1, -0.05) is 60.7 Å². The minimum atomic E-state index is -0.236. The predicted octanol–water partition coefficient (Wildman–Crippen LogP) is 2.58. The van der Waals surface area contributed by atoms with Gasteiger partial charge in [0.15, 0.2) is 0 Å². The molecule has 1 fully saturated rings. The van der Waals surface area contributed by atoms with Crippen molar-refractivity contribution in [3.8, 4) is 0 Å². The van der Waals surface area contributed by atoms with Crippen molar-refractivity contribution in [2.75, 3.05) is 19.6 Å². The fraction of sp³-hybridized carbons (Fsp3) is 0.278. The maximum absolute atomic E-state index is 12.7. The summed E-state index contributed by atoms with van der Waals surface area (Å²) in [5, 5.41) is 6.33. The van der Waals surface area contributed by atoms with E-state index in [0.717, 1.165) is 30.8 Å². The van der Waals surface area contributed by atoms with Crippen molar-refractivity contribution in [2.24, 2.45) is 5.92 Å². The Labute approximate surface area is 137 Å². The van der Waals surface area contributed by atoms with Gasteiger partial charge in [-0.25, -0.2) is 0 Å². The van der Waals surface area contributed by atoms with E-state index in [1.54, 1.807) is 0 Å². The smallest absolute Gasteiger partial charge is 0.232 e. The Bertz CT molecular complexity index is 545. The van der Waals surface area contributed by atoms with Crippen molar-refractivity contribution in [2.45, 2.75) is 5.92 Å². The largest absolute Gasteiger partial charge is 0.355 e. The van der Waals surface area contributed by atoms with E-state index in [1.165, 1.54) is 0 Å². The summed E-state index contributed by atoms with van der Waals surface area (Å²) in [4.78, 5) is 12.7. The Morgan fingerprint density at radius 3 is 1.91 bits per heavy atom. The van der Waals surface area contributed by atoms with Crippen LogP contribution < -0.4 is 10.6 Å². The molecule has 0 saturated carbocycles. The third-order valence-electron chi connectivity index (χ3n) is 3.96. The molecule has 0 aliphatic carbocycles. The zero-order valence-corrected chi connectivity index (χ0v) is 13.2. The highest BCUT2D eigenvalue weighted by Gasteiger charge is 2.24. The van der Waals surface area contributed by atoms with E-state index in [2.05, 4.69) is 10.6 Å². The van der Waals surface area contributed by atoms with Crippen molar-refractivity contribution in [3.05, 3.63) is 71.8 Å². The van der Waals surface area contributed by atoms with E-state index in [4.69, 9.17) is 0 Å². The first-order valence-corrected chi connectivity index (χ1v) is 7.43. The van der Waals surface area contributed by atoms with Gasteiger partial charge >= 0.3 is 0 Å². The van der Waals surface area contributed by atoms with Gasteiger partial charge in [-0.15, -0.1) is 12.4 Å². The molecule has 1 amide bonds. The van der Waals surface area contributed by atoms with E-state index in [1.807, 2.05) is 60.7 Å². The van der Waals surface area contributed by atoms with Crippen LogP contribution in [0.15, 0.2) is 60.7 Å². The van der Waals surface area contributed by atoms with Crippen LogP contribution in [-0.2, 0) is 4.79 Å². The highest BCUT2D eigenvalue weighted by molar-refractivity contribution is 5.87. The van der Waals surface area contributed by atoms with Crippen LogP contribution in [0.4, 0.5) is 0 Å². The van der Waals surface area contributed by atoms with Crippen molar-refractivity contribution in [3.63, 3.8) is 0 Å². The second-order valence-electron chi connectivity index (χ2n) is 5.52. The molecule has 0 unspecified atom stereocenters. The van der Waals surface area contributed by atoms with Gasteiger partial charge in [0.1, 0.15) is 0 Å². The Kier molecular flexibility index (Phi) is 5.99. The lowest BCUT2D eigenvalue weighted by atomic mass is 9.90. The summed E-state index contributed by atoms with van der Waals surface area (Å²) in [6.45, 7) is 2.76. The number of benzene rings is 2. The summed E-state index contributed by atoms with van der Waals surface area (Å²) >= 11 is 0. The van der Waals surface area contributed by atoms with Crippen LogP contribution in [0.2, 0.25) is 0 Å². The molecule has 0 atom stereocenters. The zero-order valence-electron chi connectivity index (χ0n) is 12.4. The van der Waals surface area contributed by atoms with Gasteiger partial charge in [-0.2, -0.15) is 0 Å². The Morgan fingerprint density at radius 2 is 1.50 bits per heavy atom. The SMILES string of the molecule is Cl.O=C(NCC1CNC1)C(c1ccccc1)c1ccccc1. The first-order chi connectivity index (χ1) is 10.3. The normalized spacial score (nSPS) is 14.0. The van der Waals surface area contributed by atoms with Crippen molar-refractivity contribution in [1.82, 2.24) is 10.6 Å². The van der Waals surface area contributed by atoms with Gasteiger partial charge in [-0.05, 0) is 11.1 Å². The number of halogens is 1. The van der Waals surface area contributed by atoms with E-state index in [-0.39, 0.29) is 24.2 Å². The third-order valence-corrected chi connectivity index (χ3v) is 3.96. The first-order valence-electron chi connectivity index (χ1n) is 7.43. The lowest BCUT2D eigenvalue weighted by molar-refractivity contribution is -0.121. The minimum Gasteiger partial charge on any atom is -0.355 e. The summed E-state index contributed by atoms with van der Waals surface area (Å²) < 4.78 is 0. The van der Waals surface area contributed by atoms with Crippen LogP contribution in [-0.4, -0.2) is 25.5 Å². The molecule has 0 aromatic heterocycles. The molecule has 4 heteroatoms. The van der Waals surface area contributed by atoms with Gasteiger partial charge in [-0.3, -0.25) is 4.79 Å². The highest BCUT2D eigenvalue weighted by Crippen LogP contribution is 2.24. The van der Waals surface area contributed by atoms with Crippen LogP contribution in [0.5, 0.6) is 0 Å². The standard InChI is InChI=1S/C18H20N2O.ClH/c21-18(20-13-14-11-19-12-14)17(15-7-3-1-4-8-15)16-9-5-2-6-10-16;/h1-10,14,17,19H,11-13H2,(H,20,21);1H. The molecule has 2 N–H and O–H groups in total. The summed E-state index contributed by atoms with van der Waals surface area (Å²) in [6, 6.07) is 19.9. The summed E-state index contributed by atoms with van der Waals surface area (Å²) in [5.74, 6) is 0.417. The number of hydrogen-bond acceptors (Lipinski definition) is 2. The van der Waals surface area contributed by atoms with Gasteiger partial charge in [0.2, 0.25) is 5.91 Å². The third kappa shape index (κ3) is 3.87. The molecule has 1 aliphatic heterocycles. The number of carbonyl (C=O) groups is 1. The minimum absolute atomic E-state index is 0. The Hall–Kier alpha value is -1.84. The van der Waals surface area contributed by atoms with Gasteiger partial charge in [0.25, 0.3) is 0 Å². The maximum atomic E-state index is 12.7. The van der Waals surface area contributed by atoms with Crippen molar-refractivity contribution in [1.29, 1.82) is 0 Å². The first kappa shape index (κ1) is 16.5. The lowest BCUT2D eigenvalue weighted by Gasteiger charge is -2.28. The quantitative estimate of drug-likeness (QED) is 0.890. The van der Waals surface area contributed by atoms with Crippen LogP contribution in [0.1, 0.15) is 17.0 Å². The molecule has 0 spiro atoms. The number of carbonyl (C=O) groups excluding carboxylic acids is 1. The van der Waals surface area contributed by atoms with Crippen molar-refractivity contribution < 1.29 is 4.79 Å². The fourth-order valence-electron chi connectivity index (χ4n) is 2.63. The van der Waals surface area contributed by atoms with E-state index in [0.29, 0.717) is 5.92 Å². The van der Waals surface area contributed by atoms with Crippen LogP contribution in [0.3, 0.4) is 0 Å². The molecule has 3 rings (SSSR count). The van der Waals surface area contributed by atoms with Gasteiger partial charge in [0, 0.05) is 25.6 Å². The molecule has 22 heavy (non-hydrogen) atoms. The maximum Gasteiger partial charge on any atom is 0.232 e. The average Bonchev–Trinajstić information content (AvgIpc) is 2.48. The second kappa shape index (κ2) is 7.97. The second-order valence-corrected chi connectivity index (χ2v) is 5.52. The van der Waals surface area contributed by atoms with Crippen LogP contribution >= 0.6 is 12.4 Å². The van der Waals surface area contributed by atoms with Gasteiger partial charge in [0.05, 0.1) is 5.92 Å². The topological polar surface area (TPSA) is 41.1 Å². The molecule has 1 aliphatic rings. The zero-order chi connectivity index (χ0) is 14.5. The van der Waals surface area contributed by atoms with Crippen LogP contribution in [0.25, 0.3) is 0 Å². The predicted molar refractivity (Wildman–Crippen MR) is 91.3 cm³/mol. The fourth-order valence-corrected chi connectivity index (χ4v) is 2.63. The number of rotatable bonds is 5. The molecule has 0 radical (unpaired) electrons. The molecule has 1 saturated heterocycles. The molecule has 2 aromatic rings. The molecule has 2 aromatic carbocycles. The van der Waals surface area contributed by atoms with E-state index >= 15 is 0 Å². The summed E-state index contributed by atoms with van der Waals surface area (Å²) in [7, 11) is 0. The summed E-state index contributed by atoms with van der Waals surface area (Å²) in [6.07, 6.45) is 0. The molecular weight excluding hydrogens is 296 g/mol. The lowest BCUT2D eigenvalue weighted by Crippen LogP contribution is -2.48. The average molecular weight is 317 g/mol. The molecule has 0 bridgehead atoms.